The molecule has 1 aliphatic rings. The van der Waals surface area contributed by atoms with E-state index in [1.165, 1.54) is 11.8 Å². The summed E-state index contributed by atoms with van der Waals surface area (Å²) >= 11 is 0. The van der Waals surface area contributed by atoms with Gasteiger partial charge < -0.3 is 9.47 Å². The van der Waals surface area contributed by atoms with E-state index in [0.717, 1.165) is 37.3 Å². The van der Waals surface area contributed by atoms with E-state index in [-0.39, 0.29) is 5.75 Å². The van der Waals surface area contributed by atoms with E-state index in [9.17, 15) is 8.42 Å². The van der Waals surface area contributed by atoms with E-state index in [4.69, 9.17) is 4.98 Å². The predicted octanol–water partition coefficient (Wildman–Crippen LogP) is 2.84. The molecule has 1 atom stereocenters. The van der Waals surface area contributed by atoms with Gasteiger partial charge in [0.1, 0.15) is 15.7 Å². The van der Waals surface area contributed by atoms with Gasteiger partial charge in [0.15, 0.2) is 0 Å². The molecule has 0 radical (unpaired) electrons. The summed E-state index contributed by atoms with van der Waals surface area (Å²) in [5.74, 6) is 1.75. The second-order valence-electron chi connectivity index (χ2n) is 7.19. The third kappa shape index (κ3) is 3.81. The van der Waals surface area contributed by atoms with Crippen LogP contribution in [0.5, 0.6) is 0 Å². The van der Waals surface area contributed by atoms with Crippen molar-refractivity contribution in [3.05, 3.63) is 30.1 Å². The minimum absolute atomic E-state index is 0.236. The molecule has 132 valence electrons. The van der Waals surface area contributed by atoms with Crippen molar-refractivity contribution >= 4 is 20.9 Å². The summed E-state index contributed by atoms with van der Waals surface area (Å²) in [6.07, 6.45) is 3.52. The molecule has 3 rings (SSSR count). The van der Waals surface area contributed by atoms with Gasteiger partial charge in [-0.3, -0.25) is 0 Å². The average molecular weight is 350 g/mol. The number of piperidine rings is 1. The summed E-state index contributed by atoms with van der Waals surface area (Å²) in [5.41, 5.74) is 2.24. The SMILES string of the molecule is CC(C)n1c([C@H]2CCCN(CCS(C)(=O)=O)C2)nc2ccccc21. The van der Waals surface area contributed by atoms with Crippen LogP contribution >= 0.6 is 0 Å². The van der Waals surface area contributed by atoms with Crippen molar-refractivity contribution in [2.24, 2.45) is 0 Å². The number of sulfone groups is 1. The maximum atomic E-state index is 11.4. The van der Waals surface area contributed by atoms with E-state index in [1.54, 1.807) is 0 Å². The predicted molar refractivity (Wildman–Crippen MR) is 98.2 cm³/mol. The summed E-state index contributed by atoms with van der Waals surface area (Å²) in [5, 5.41) is 0. The normalized spacial score (nSPS) is 20.1. The molecular formula is C18H27N3O2S. The van der Waals surface area contributed by atoms with Crippen LogP contribution in [0.3, 0.4) is 0 Å². The second kappa shape index (κ2) is 6.84. The lowest BCUT2D eigenvalue weighted by molar-refractivity contribution is 0.212. The van der Waals surface area contributed by atoms with Crippen molar-refractivity contribution in [1.82, 2.24) is 14.5 Å². The number of para-hydroxylation sites is 2. The van der Waals surface area contributed by atoms with Gasteiger partial charge in [-0.2, -0.15) is 0 Å². The maximum absolute atomic E-state index is 11.4. The highest BCUT2D eigenvalue weighted by Crippen LogP contribution is 2.31. The fraction of sp³-hybridized carbons (Fsp3) is 0.611. The molecule has 5 nitrogen and oxygen atoms in total. The molecule has 0 amide bonds. The third-order valence-corrected chi connectivity index (χ3v) is 5.71. The van der Waals surface area contributed by atoms with Gasteiger partial charge in [0.25, 0.3) is 0 Å². The second-order valence-corrected chi connectivity index (χ2v) is 9.45. The molecule has 24 heavy (non-hydrogen) atoms. The Hall–Kier alpha value is -1.40. The lowest BCUT2D eigenvalue weighted by Crippen LogP contribution is -2.38. The highest BCUT2D eigenvalue weighted by atomic mass is 32.2. The van der Waals surface area contributed by atoms with Crippen molar-refractivity contribution in [3.8, 4) is 0 Å². The van der Waals surface area contributed by atoms with Gasteiger partial charge in [-0.15, -0.1) is 0 Å². The van der Waals surface area contributed by atoms with Gasteiger partial charge in [-0.25, -0.2) is 13.4 Å². The van der Waals surface area contributed by atoms with Gasteiger partial charge in [0.2, 0.25) is 0 Å². The first-order chi connectivity index (χ1) is 11.3. The van der Waals surface area contributed by atoms with Crippen molar-refractivity contribution in [1.29, 1.82) is 0 Å². The molecule has 2 aromatic rings. The molecule has 6 heteroatoms. The van der Waals surface area contributed by atoms with Gasteiger partial charge in [-0.1, -0.05) is 12.1 Å². The molecular weight excluding hydrogens is 322 g/mol. The molecule has 1 fully saturated rings. The zero-order valence-corrected chi connectivity index (χ0v) is 15.6. The van der Waals surface area contributed by atoms with Crippen molar-refractivity contribution in [3.63, 3.8) is 0 Å². The fourth-order valence-corrected chi connectivity index (χ4v) is 4.25. The Bertz CT molecular complexity index is 811. The van der Waals surface area contributed by atoms with Crippen LogP contribution in [0, 0.1) is 0 Å². The molecule has 1 saturated heterocycles. The number of nitrogens with zero attached hydrogens (tertiary/aromatic N) is 3. The molecule has 0 unspecified atom stereocenters. The minimum Gasteiger partial charge on any atom is -0.325 e. The first kappa shape index (κ1) is 17.4. The van der Waals surface area contributed by atoms with Crippen molar-refractivity contribution in [2.45, 2.75) is 38.6 Å². The van der Waals surface area contributed by atoms with Crippen molar-refractivity contribution < 1.29 is 8.42 Å². The zero-order chi connectivity index (χ0) is 17.3. The van der Waals surface area contributed by atoms with Gasteiger partial charge in [0, 0.05) is 31.3 Å². The van der Waals surface area contributed by atoms with Gasteiger partial charge in [-0.05, 0) is 45.4 Å². The van der Waals surface area contributed by atoms with Crippen molar-refractivity contribution in [2.75, 3.05) is 31.6 Å². The van der Waals surface area contributed by atoms with E-state index < -0.39 is 9.84 Å². The largest absolute Gasteiger partial charge is 0.325 e. The maximum Gasteiger partial charge on any atom is 0.148 e. The fourth-order valence-electron chi connectivity index (χ4n) is 3.66. The lowest BCUT2D eigenvalue weighted by Gasteiger charge is -2.33. The molecule has 0 aliphatic carbocycles. The summed E-state index contributed by atoms with van der Waals surface area (Å²) in [6, 6.07) is 8.66. The van der Waals surface area contributed by atoms with Crippen LogP contribution in [0.2, 0.25) is 0 Å². The zero-order valence-electron chi connectivity index (χ0n) is 14.8. The Morgan fingerprint density at radius 1 is 1.29 bits per heavy atom. The topological polar surface area (TPSA) is 55.2 Å². The van der Waals surface area contributed by atoms with E-state index >= 15 is 0 Å². The van der Waals surface area contributed by atoms with Crippen LogP contribution in [0.1, 0.15) is 44.5 Å². The molecule has 0 spiro atoms. The number of imidazole rings is 1. The van der Waals surface area contributed by atoms with E-state index in [2.05, 4.69) is 41.5 Å². The Labute approximate surface area is 144 Å². The smallest absolute Gasteiger partial charge is 0.148 e. The highest BCUT2D eigenvalue weighted by Gasteiger charge is 2.27. The number of hydrogen-bond acceptors (Lipinski definition) is 4. The Morgan fingerprint density at radius 3 is 2.75 bits per heavy atom. The Morgan fingerprint density at radius 2 is 2.04 bits per heavy atom. The molecule has 1 aliphatic heterocycles. The molecule has 0 bridgehead atoms. The Kier molecular flexibility index (Phi) is 4.97. The molecule has 1 aromatic heterocycles. The summed E-state index contributed by atoms with van der Waals surface area (Å²) in [6.45, 7) is 6.89. The summed E-state index contributed by atoms with van der Waals surface area (Å²) < 4.78 is 25.2. The third-order valence-electron chi connectivity index (χ3n) is 4.79. The quantitative estimate of drug-likeness (QED) is 0.833. The molecule has 1 aromatic carbocycles. The number of fused-ring (bicyclic) bond motifs is 1. The van der Waals surface area contributed by atoms with Crippen LogP contribution in [0.15, 0.2) is 24.3 Å². The van der Waals surface area contributed by atoms with Gasteiger partial charge >= 0.3 is 0 Å². The Balaban J connectivity index is 1.85. The van der Waals surface area contributed by atoms with Crippen LogP contribution in [-0.2, 0) is 9.84 Å². The van der Waals surface area contributed by atoms with Crippen LogP contribution in [-0.4, -0.2) is 54.5 Å². The molecule has 2 heterocycles. The van der Waals surface area contributed by atoms with Crippen LogP contribution in [0.4, 0.5) is 0 Å². The first-order valence-corrected chi connectivity index (χ1v) is 10.8. The number of likely N-dealkylation sites (tertiary alicyclic amines) is 1. The van der Waals surface area contributed by atoms with Gasteiger partial charge in [0.05, 0.1) is 16.8 Å². The van der Waals surface area contributed by atoms with Crippen LogP contribution in [0.25, 0.3) is 11.0 Å². The van der Waals surface area contributed by atoms with E-state index in [0.29, 0.717) is 18.5 Å². The lowest BCUT2D eigenvalue weighted by atomic mass is 9.97. The molecule has 0 saturated carbocycles. The number of aromatic nitrogens is 2. The standard InChI is InChI=1S/C18H27N3O2S/c1-14(2)21-17-9-5-4-8-16(17)19-18(21)15-7-6-10-20(13-15)11-12-24(3,22)23/h4-5,8-9,14-15H,6-7,10-13H2,1-3H3/t15-/m0/s1. The number of benzene rings is 1. The van der Waals surface area contributed by atoms with E-state index in [1.807, 2.05) is 6.07 Å². The minimum atomic E-state index is -2.91. The summed E-state index contributed by atoms with van der Waals surface area (Å²) in [7, 11) is -2.91. The number of hydrogen-bond donors (Lipinski definition) is 0. The molecule has 0 N–H and O–H groups in total. The highest BCUT2D eigenvalue weighted by molar-refractivity contribution is 7.90. The number of rotatable bonds is 5. The average Bonchev–Trinajstić information content (AvgIpc) is 2.92. The monoisotopic (exact) mass is 349 g/mol. The summed E-state index contributed by atoms with van der Waals surface area (Å²) in [4.78, 5) is 7.20. The first-order valence-electron chi connectivity index (χ1n) is 8.72. The van der Waals surface area contributed by atoms with Crippen LogP contribution < -0.4 is 0 Å².